The number of nitrogens with two attached hydrogens (primary N) is 1. The van der Waals surface area contributed by atoms with Crippen LogP contribution in [0, 0.1) is 12.8 Å². The molecule has 4 saturated heterocycles. The minimum atomic E-state index is -3.21. The summed E-state index contributed by atoms with van der Waals surface area (Å²) in [7, 11) is 0. The number of ether oxygens (including phenoxy) is 3. The number of halogens is 2. The first-order chi connectivity index (χ1) is 38.5. The molecule has 22 heteroatoms. The van der Waals surface area contributed by atoms with Crippen molar-refractivity contribution in [2.45, 2.75) is 133 Å². The van der Waals surface area contributed by atoms with Gasteiger partial charge in [-0.2, -0.15) is 0 Å². The molecule has 5 N–H and O–H groups in total. The predicted octanol–water partition coefficient (Wildman–Crippen LogP) is 7.79. The van der Waals surface area contributed by atoms with E-state index in [1.54, 1.807) is 40.1 Å². The highest BCUT2D eigenvalue weighted by atomic mass is 32.1. The fourth-order valence-electron chi connectivity index (χ4n) is 12.1. The van der Waals surface area contributed by atoms with Crippen molar-refractivity contribution in [1.29, 1.82) is 0 Å². The number of aliphatic hydroxyl groups excluding tert-OH is 1. The first-order valence-corrected chi connectivity index (χ1v) is 28.6. The van der Waals surface area contributed by atoms with Crippen LogP contribution in [0.15, 0.2) is 89.0 Å². The van der Waals surface area contributed by atoms with Gasteiger partial charge in [0.25, 0.3) is 11.8 Å². The van der Waals surface area contributed by atoms with E-state index >= 15 is 8.78 Å². The number of piperidine rings is 1. The van der Waals surface area contributed by atoms with Crippen molar-refractivity contribution in [2.75, 3.05) is 61.4 Å². The molecule has 8 heterocycles. The number of pyridine rings is 1. The largest absolute Gasteiger partial charge is 0.507 e. The van der Waals surface area contributed by atoms with Crippen LogP contribution >= 0.6 is 11.3 Å². The number of rotatable bonds is 19. The number of nitrogens with one attached hydrogen (secondary N) is 1. The number of phenols is 1. The number of β-amino-alcohol motifs (C(OH)–C–C–N with tert-alkyl or cyclic N) is 1. The van der Waals surface area contributed by atoms with Gasteiger partial charge in [0.1, 0.15) is 23.8 Å². The Morgan fingerprint density at radius 1 is 0.900 bits per heavy atom. The number of aryl methyl sites for hydroxylation is 1. The highest BCUT2D eigenvalue weighted by Crippen LogP contribution is 2.41. The lowest BCUT2D eigenvalue weighted by molar-refractivity contribution is -0.141. The van der Waals surface area contributed by atoms with E-state index in [1.165, 1.54) is 11.0 Å². The molecule has 2 bridgehead atoms. The molecule has 424 valence electrons. The number of aliphatic hydroxyl groups is 1. The number of aromatic nitrogens is 5. The molecular weight excluding hydrogens is 1050 g/mol. The second-order valence-electron chi connectivity index (χ2n) is 22.5. The van der Waals surface area contributed by atoms with Gasteiger partial charge in [0.15, 0.2) is 18.2 Å². The molecule has 11 rings (SSSR count). The van der Waals surface area contributed by atoms with Crippen molar-refractivity contribution in [3.8, 4) is 39.2 Å². The molecule has 2 amide bonds. The Hall–Kier alpha value is -7.01. The molecule has 1 aliphatic carbocycles. The van der Waals surface area contributed by atoms with Gasteiger partial charge in [0.2, 0.25) is 17.7 Å². The summed E-state index contributed by atoms with van der Waals surface area (Å²) in [6.07, 6.45) is 5.62. The highest BCUT2D eigenvalue weighted by molar-refractivity contribution is 7.13. The number of anilines is 3. The van der Waals surface area contributed by atoms with E-state index in [9.17, 15) is 19.8 Å². The van der Waals surface area contributed by atoms with E-state index < -0.39 is 49.0 Å². The third kappa shape index (κ3) is 12.0. The van der Waals surface area contributed by atoms with Crippen LogP contribution in [-0.4, -0.2) is 151 Å². The molecule has 5 fully saturated rings. The first kappa shape index (κ1) is 54.9. The van der Waals surface area contributed by atoms with Crippen molar-refractivity contribution in [2.24, 2.45) is 5.92 Å². The third-order valence-electron chi connectivity index (χ3n) is 16.4. The molecular formula is C58H69F2N11O8S. The number of hydrogen-bond donors (Lipinski definition) is 4. The monoisotopic (exact) mass is 1120 g/mol. The first-order valence-electron chi connectivity index (χ1n) is 27.7. The SMILES string of the molecule is Cc1ncsc1-c1ccc([C@H](C)NC(=O)[C@@H]2C[C@@H](O)CN2C(=O)[C@H](c2cc(OCC(F)(F)CN3CCC(OC4CC(Oc5cc(N6C7CC[C@@H]6CN(c6cc(-c8ccccc8O)nnc6N)C7)ccn5)C4)CC3)no2)C(C)C)cc1. The number of amides is 2. The van der Waals surface area contributed by atoms with Crippen molar-refractivity contribution >= 4 is 40.3 Å². The minimum Gasteiger partial charge on any atom is -0.507 e. The van der Waals surface area contributed by atoms with Gasteiger partial charge < -0.3 is 54.7 Å². The van der Waals surface area contributed by atoms with Crippen LogP contribution in [0.5, 0.6) is 17.5 Å². The van der Waals surface area contributed by atoms with Crippen LogP contribution in [0.25, 0.3) is 21.7 Å². The van der Waals surface area contributed by atoms with Gasteiger partial charge in [-0.25, -0.2) is 18.7 Å². The number of piperazine rings is 1. The van der Waals surface area contributed by atoms with Gasteiger partial charge in [0.05, 0.1) is 58.4 Å². The van der Waals surface area contributed by atoms with Crippen LogP contribution in [0.4, 0.5) is 26.0 Å². The molecule has 1 unspecified atom stereocenters. The molecule has 6 aromatic rings. The topological polar surface area (TPSA) is 231 Å². The molecule has 0 spiro atoms. The van der Waals surface area contributed by atoms with Crippen molar-refractivity contribution in [1.82, 2.24) is 40.4 Å². The summed E-state index contributed by atoms with van der Waals surface area (Å²) < 4.78 is 54.8. The lowest BCUT2D eigenvalue weighted by atomic mass is 9.91. The smallest absolute Gasteiger partial charge is 0.293 e. The Morgan fingerprint density at radius 3 is 2.36 bits per heavy atom. The molecule has 0 radical (unpaired) electrons. The van der Waals surface area contributed by atoms with Crippen molar-refractivity contribution in [3.63, 3.8) is 0 Å². The highest BCUT2D eigenvalue weighted by Gasteiger charge is 2.45. The summed E-state index contributed by atoms with van der Waals surface area (Å²) in [5, 5.41) is 36.6. The Balaban J connectivity index is 0.607. The maximum atomic E-state index is 15.5. The van der Waals surface area contributed by atoms with Crippen LogP contribution in [0.1, 0.15) is 94.7 Å². The Morgan fingerprint density at radius 2 is 1.65 bits per heavy atom. The number of benzene rings is 2. The van der Waals surface area contributed by atoms with Crippen LogP contribution in [-0.2, 0) is 14.3 Å². The van der Waals surface area contributed by atoms with Gasteiger partial charge in [-0.05, 0) is 86.0 Å². The molecule has 2 aromatic carbocycles. The fourth-order valence-corrected chi connectivity index (χ4v) is 12.9. The second kappa shape index (κ2) is 23.2. The Labute approximate surface area is 467 Å². The number of thiazole rings is 1. The molecule has 4 aliphatic heterocycles. The molecule has 4 aromatic heterocycles. The molecule has 80 heavy (non-hydrogen) atoms. The summed E-state index contributed by atoms with van der Waals surface area (Å²) >= 11 is 1.56. The number of alkyl halides is 2. The number of aromatic hydroxyl groups is 1. The van der Waals surface area contributed by atoms with Gasteiger partial charge in [-0.1, -0.05) is 50.2 Å². The minimum absolute atomic E-state index is 0.0174. The number of carbonyl (C=O) groups excluding carboxylic acids is 2. The number of hydrogen-bond acceptors (Lipinski definition) is 18. The van der Waals surface area contributed by atoms with E-state index in [0.717, 1.165) is 71.8 Å². The van der Waals surface area contributed by atoms with Gasteiger partial charge in [-0.3, -0.25) is 14.5 Å². The Kier molecular flexibility index (Phi) is 15.9. The third-order valence-corrected chi connectivity index (χ3v) is 17.3. The van der Waals surface area contributed by atoms with E-state index in [1.807, 2.05) is 82.3 Å². The zero-order valence-electron chi connectivity index (χ0n) is 45.4. The van der Waals surface area contributed by atoms with E-state index in [0.29, 0.717) is 48.9 Å². The van der Waals surface area contributed by atoms with Gasteiger partial charge >= 0.3 is 0 Å². The van der Waals surface area contributed by atoms with Crippen LogP contribution < -0.4 is 30.3 Å². The average molecular weight is 1120 g/mol. The predicted molar refractivity (Wildman–Crippen MR) is 297 cm³/mol. The van der Waals surface area contributed by atoms with Crippen molar-refractivity contribution < 1.29 is 47.3 Å². The number of nitrogen functional groups attached to an aromatic ring is 1. The van der Waals surface area contributed by atoms with Gasteiger partial charge in [-0.15, -0.1) is 21.5 Å². The standard InChI is InChI=1S/C58H69F2N11O8S/c1-33(2)53(57(75)70-29-41(72)22-48(70)56(74)64-34(3)36-9-11-37(12-10-36)54-35(4)63-32-80-54)50-26-52(67-79-50)76-31-58(59,60)30-68-19-16-42(17-20-68)77-43-23-44(24-43)78-51-21-38(15-18-62-51)71-39-13-14-40(71)28-69(27-39)47-25-46(65-66-55(47)61)45-7-5-6-8-49(45)73/h5-12,15,18,21,25-26,32-34,39-44,48,53,72-73H,13-14,16-17,19-20,22-24,27-31H2,1-4H3,(H2,61,66)(H,64,74)/t34-,39+,40?,41+,43?,44?,48-,53-/m0/s1. The van der Waals surface area contributed by atoms with Crippen LogP contribution in [0.3, 0.4) is 0 Å². The van der Waals surface area contributed by atoms with E-state index in [4.69, 9.17) is 24.5 Å². The zero-order chi connectivity index (χ0) is 55.8. The normalized spacial score (nSPS) is 23.3. The lowest BCUT2D eigenvalue weighted by Crippen LogP contribution is -2.54. The van der Waals surface area contributed by atoms with Crippen molar-refractivity contribution in [3.05, 3.63) is 102 Å². The maximum absolute atomic E-state index is 15.5. The second-order valence-corrected chi connectivity index (χ2v) is 23.3. The lowest BCUT2D eigenvalue weighted by Gasteiger charge is -2.43. The Bertz CT molecular complexity index is 3120. The average Bonchev–Trinajstić information content (AvgIpc) is 4.31. The molecule has 19 nitrogen and oxygen atoms in total. The summed E-state index contributed by atoms with van der Waals surface area (Å²) in [6, 6.07) is 21.5. The number of phenolic OH excluding ortho intramolecular Hbond substituents is 1. The number of likely N-dealkylation sites (tertiary alicyclic amines) is 2. The molecule has 1 saturated carbocycles. The number of fused-ring (bicyclic) bond motifs is 2. The summed E-state index contributed by atoms with van der Waals surface area (Å²) in [5.41, 5.74) is 14.1. The number of carbonyl (C=O) groups is 2. The quantitative estimate of drug-likeness (QED) is 0.0606. The zero-order valence-corrected chi connectivity index (χ0v) is 46.2. The summed E-state index contributed by atoms with van der Waals surface area (Å²) in [4.78, 5) is 45.8. The van der Waals surface area contributed by atoms with E-state index in [-0.39, 0.29) is 72.7 Å². The van der Waals surface area contributed by atoms with E-state index in [2.05, 4.69) is 40.4 Å². The number of nitrogens with zero attached hydrogens (tertiary/aromatic N) is 9. The summed E-state index contributed by atoms with van der Waals surface area (Å²) in [6.45, 7) is 8.37. The fraction of sp³-hybridized carbons (Fsp3) is 0.500. The summed E-state index contributed by atoms with van der Waals surface area (Å²) in [5.74, 6) is -4.29. The van der Waals surface area contributed by atoms with Gasteiger partial charge in [0, 0.05) is 93.7 Å². The maximum Gasteiger partial charge on any atom is 0.293 e. The molecule has 5 aliphatic rings. The molecule has 6 atom stereocenters. The van der Waals surface area contributed by atoms with Crippen LogP contribution in [0.2, 0.25) is 0 Å². The number of para-hydroxylation sites is 1.